The average molecular weight is 247 g/mol. The number of hydrogen-bond acceptors (Lipinski definition) is 2. The van der Waals surface area contributed by atoms with E-state index in [1.165, 1.54) is 5.56 Å². The van der Waals surface area contributed by atoms with Crippen molar-refractivity contribution in [3.05, 3.63) is 35.9 Å². The van der Waals surface area contributed by atoms with Gasteiger partial charge < -0.3 is 10.0 Å². The van der Waals surface area contributed by atoms with Gasteiger partial charge in [-0.25, -0.2) is 0 Å². The molecule has 1 amide bonds. The molecule has 3 heteroatoms. The predicted molar refractivity (Wildman–Crippen MR) is 71.2 cm³/mol. The fourth-order valence-electron chi connectivity index (χ4n) is 2.49. The summed E-state index contributed by atoms with van der Waals surface area (Å²) in [5, 5.41) is 9.39. The predicted octanol–water partition coefficient (Wildman–Crippen LogP) is 1.85. The van der Waals surface area contributed by atoms with Crippen molar-refractivity contribution < 1.29 is 9.90 Å². The zero-order valence-electron chi connectivity index (χ0n) is 10.9. The molecule has 1 aromatic carbocycles. The molecule has 0 aromatic heterocycles. The number of hydrogen-bond donors (Lipinski definition) is 1. The van der Waals surface area contributed by atoms with Crippen molar-refractivity contribution in [3.63, 3.8) is 0 Å². The van der Waals surface area contributed by atoms with Crippen molar-refractivity contribution in [1.29, 1.82) is 0 Å². The second-order valence-electron chi connectivity index (χ2n) is 5.25. The Morgan fingerprint density at radius 1 is 1.33 bits per heavy atom. The lowest BCUT2D eigenvalue weighted by Crippen LogP contribution is -2.49. The molecule has 98 valence electrons. The first-order valence-corrected chi connectivity index (χ1v) is 6.58. The van der Waals surface area contributed by atoms with E-state index in [0.717, 1.165) is 25.7 Å². The van der Waals surface area contributed by atoms with E-state index in [2.05, 4.69) is 12.1 Å². The van der Waals surface area contributed by atoms with Gasteiger partial charge in [-0.05, 0) is 24.8 Å². The van der Waals surface area contributed by atoms with Gasteiger partial charge in [0.1, 0.15) is 0 Å². The Morgan fingerprint density at radius 2 is 2.00 bits per heavy atom. The van der Waals surface area contributed by atoms with Crippen molar-refractivity contribution in [3.8, 4) is 0 Å². The zero-order valence-corrected chi connectivity index (χ0v) is 10.9. The monoisotopic (exact) mass is 247 g/mol. The van der Waals surface area contributed by atoms with Crippen molar-refractivity contribution in [2.24, 2.45) is 5.41 Å². The molecular weight excluding hydrogens is 226 g/mol. The number of carbonyl (C=O) groups excluding carboxylic acids is 1. The number of carbonyl (C=O) groups is 1. The van der Waals surface area contributed by atoms with Crippen molar-refractivity contribution in [2.45, 2.75) is 25.7 Å². The first-order chi connectivity index (χ1) is 8.68. The van der Waals surface area contributed by atoms with Crippen LogP contribution in [0.3, 0.4) is 0 Å². The summed E-state index contributed by atoms with van der Waals surface area (Å²) in [4.78, 5) is 14.0. The standard InChI is InChI=1S/C15H21NO2/c1-16(11-8-13-6-3-2-4-7-13)14(18)15(12-17)9-5-10-15/h2-4,6-7,17H,5,8-12H2,1H3. The molecule has 1 saturated carbocycles. The lowest BCUT2D eigenvalue weighted by atomic mass is 9.68. The summed E-state index contributed by atoms with van der Waals surface area (Å²) in [6, 6.07) is 10.2. The minimum atomic E-state index is -0.467. The molecule has 1 N–H and O–H groups in total. The smallest absolute Gasteiger partial charge is 0.230 e. The van der Waals surface area contributed by atoms with E-state index in [9.17, 15) is 9.90 Å². The van der Waals surface area contributed by atoms with Gasteiger partial charge in [-0.15, -0.1) is 0 Å². The Balaban J connectivity index is 1.88. The highest BCUT2D eigenvalue weighted by atomic mass is 16.3. The number of aliphatic hydroxyl groups is 1. The van der Waals surface area contributed by atoms with Gasteiger partial charge >= 0.3 is 0 Å². The van der Waals surface area contributed by atoms with Gasteiger partial charge in [0, 0.05) is 13.6 Å². The van der Waals surface area contributed by atoms with Crippen molar-refractivity contribution >= 4 is 5.91 Å². The second-order valence-corrected chi connectivity index (χ2v) is 5.25. The van der Waals surface area contributed by atoms with Gasteiger partial charge in [0.2, 0.25) is 5.91 Å². The second kappa shape index (κ2) is 5.53. The number of amides is 1. The lowest BCUT2D eigenvalue weighted by molar-refractivity contribution is -0.149. The van der Waals surface area contributed by atoms with Crippen LogP contribution in [0.15, 0.2) is 30.3 Å². The molecule has 1 aromatic rings. The van der Waals surface area contributed by atoms with E-state index >= 15 is 0 Å². The fourth-order valence-corrected chi connectivity index (χ4v) is 2.49. The highest BCUT2D eigenvalue weighted by molar-refractivity contribution is 5.83. The molecule has 0 radical (unpaired) electrons. The maximum atomic E-state index is 12.3. The quantitative estimate of drug-likeness (QED) is 0.862. The van der Waals surface area contributed by atoms with Crippen LogP contribution in [-0.2, 0) is 11.2 Å². The van der Waals surface area contributed by atoms with Gasteiger partial charge in [-0.3, -0.25) is 4.79 Å². The summed E-state index contributed by atoms with van der Waals surface area (Å²) in [5.74, 6) is 0.104. The highest BCUT2D eigenvalue weighted by Gasteiger charge is 2.44. The molecule has 0 unspecified atom stereocenters. The zero-order chi connectivity index (χ0) is 13.0. The van der Waals surface area contributed by atoms with Crippen LogP contribution in [0.25, 0.3) is 0 Å². The molecule has 1 aliphatic rings. The number of likely N-dealkylation sites (N-methyl/N-ethyl adjacent to an activating group) is 1. The first kappa shape index (κ1) is 13.1. The fraction of sp³-hybridized carbons (Fsp3) is 0.533. The summed E-state index contributed by atoms with van der Waals surface area (Å²) in [5.41, 5.74) is 0.773. The van der Waals surface area contributed by atoms with Crippen molar-refractivity contribution in [1.82, 2.24) is 4.90 Å². The van der Waals surface area contributed by atoms with E-state index in [4.69, 9.17) is 0 Å². The normalized spacial score (nSPS) is 17.0. The van der Waals surface area contributed by atoms with Crippen LogP contribution in [0.2, 0.25) is 0 Å². The van der Waals surface area contributed by atoms with Crippen LogP contribution in [0.5, 0.6) is 0 Å². The maximum absolute atomic E-state index is 12.3. The Morgan fingerprint density at radius 3 is 2.50 bits per heavy atom. The van der Waals surface area contributed by atoms with E-state index in [0.29, 0.717) is 6.54 Å². The summed E-state index contributed by atoms with van der Waals surface area (Å²) in [6.45, 7) is 0.701. The number of aliphatic hydroxyl groups excluding tert-OH is 1. The average Bonchev–Trinajstić information content (AvgIpc) is 2.36. The minimum absolute atomic E-state index is 0.0124. The molecular formula is C15H21NO2. The molecule has 0 heterocycles. The summed E-state index contributed by atoms with van der Waals surface area (Å²) in [6.07, 6.45) is 3.58. The van der Waals surface area contributed by atoms with Crippen LogP contribution in [0, 0.1) is 5.41 Å². The molecule has 3 nitrogen and oxygen atoms in total. The lowest BCUT2D eigenvalue weighted by Gasteiger charge is -2.41. The molecule has 1 aliphatic carbocycles. The first-order valence-electron chi connectivity index (χ1n) is 6.58. The van der Waals surface area contributed by atoms with Gasteiger partial charge in [-0.1, -0.05) is 36.8 Å². The van der Waals surface area contributed by atoms with E-state index in [1.807, 2.05) is 25.2 Å². The third-order valence-corrected chi connectivity index (χ3v) is 3.99. The van der Waals surface area contributed by atoms with Gasteiger partial charge in [-0.2, -0.15) is 0 Å². The topological polar surface area (TPSA) is 40.5 Å². The summed E-state index contributed by atoms with van der Waals surface area (Å²) >= 11 is 0. The number of rotatable bonds is 5. The molecule has 0 bridgehead atoms. The van der Waals surface area contributed by atoms with E-state index in [1.54, 1.807) is 4.90 Å². The Hall–Kier alpha value is -1.35. The van der Waals surface area contributed by atoms with Crippen LogP contribution >= 0.6 is 0 Å². The highest BCUT2D eigenvalue weighted by Crippen LogP contribution is 2.41. The van der Waals surface area contributed by atoms with Crippen LogP contribution in [0.1, 0.15) is 24.8 Å². The molecule has 0 aliphatic heterocycles. The Bertz CT molecular complexity index is 393. The largest absolute Gasteiger partial charge is 0.395 e. The third kappa shape index (κ3) is 2.56. The SMILES string of the molecule is CN(CCc1ccccc1)C(=O)C1(CO)CCC1. The Kier molecular flexibility index (Phi) is 4.02. The van der Waals surface area contributed by atoms with Crippen molar-refractivity contribution in [2.75, 3.05) is 20.2 Å². The summed E-state index contributed by atoms with van der Waals surface area (Å²) < 4.78 is 0. The maximum Gasteiger partial charge on any atom is 0.230 e. The third-order valence-electron chi connectivity index (χ3n) is 3.99. The molecule has 18 heavy (non-hydrogen) atoms. The van der Waals surface area contributed by atoms with Gasteiger partial charge in [0.05, 0.1) is 12.0 Å². The van der Waals surface area contributed by atoms with Crippen LogP contribution < -0.4 is 0 Å². The molecule has 0 atom stereocenters. The number of benzene rings is 1. The molecule has 1 fully saturated rings. The molecule has 0 spiro atoms. The van der Waals surface area contributed by atoms with Gasteiger partial charge in [0.15, 0.2) is 0 Å². The summed E-state index contributed by atoms with van der Waals surface area (Å²) in [7, 11) is 1.83. The Labute approximate surface area is 108 Å². The molecule has 2 rings (SSSR count). The van der Waals surface area contributed by atoms with Gasteiger partial charge in [0.25, 0.3) is 0 Å². The van der Waals surface area contributed by atoms with E-state index < -0.39 is 5.41 Å². The van der Waals surface area contributed by atoms with E-state index in [-0.39, 0.29) is 12.5 Å². The molecule has 0 saturated heterocycles. The minimum Gasteiger partial charge on any atom is -0.395 e. The number of nitrogens with zero attached hydrogens (tertiary/aromatic N) is 1. The van der Waals surface area contributed by atoms with Crippen LogP contribution in [-0.4, -0.2) is 36.1 Å². The van der Waals surface area contributed by atoms with Crippen LogP contribution in [0.4, 0.5) is 0 Å².